The van der Waals surface area contributed by atoms with Crippen LogP contribution in [-0.4, -0.2) is 39.3 Å². The minimum absolute atomic E-state index is 0.0265. The number of ketones is 3. The molecule has 0 saturated heterocycles. The van der Waals surface area contributed by atoms with Gasteiger partial charge in [-0.05, 0) is 62.2 Å². The molecule has 0 aromatic rings. The van der Waals surface area contributed by atoms with Crippen LogP contribution < -0.4 is 0 Å². The van der Waals surface area contributed by atoms with Crippen LogP contribution in [0.15, 0.2) is 23.8 Å². The van der Waals surface area contributed by atoms with E-state index in [2.05, 4.69) is 0 Å². The lowest BCUT2D eigenvalue weighted by atomic mass is 9.46. The van der Waals surface area contributed by atoms with Gasteiger partial charge in [-0.25, -0.2) is 0 Å². The third-order valence-corrected chi connectivity index (χ3v) is 8.18. The van der Waals surface area contributed by atoms with Crippen molar-refractivity contribution in [3.8, 4) is 0 Å². The highest BCUT2D eigenvalue weighted by atomic mass is 16.3. The lowest BCUT2D eigenvalue weighted by molar-refractivity contribution is -0.166. The number of aliphatic hydroxyl groups is 2. The quantitative estimate of drug-likeness (QED) is 0.745. The summed E-state index contributed by atoms with van der Waals surface area (Å²) in [5.41, 5.74) is -2.09. The van der Waals surface area contributed by atoms with E-state index < -0.39 is 28.5 Å². The molecule has 0 aromatic carbocycles. The molecule has 4 rings (SSSR count). The van der Waals surface area contributed by atoms with Gasteiger partial charge in [0.05, 0.1) is 0 Å². The van der Waals surface area contributed by atoms with Crippen LogP contribution in [0.2, 0.25) is 0 Å². The highest BCUT2D eigenvalue weighted by Crippen LogP contribution is 2.66. The van der Waals surface area contributed by atoms with Gasteiger partial charge < -0.3 is 10.2 Å². The Morgan fingerprint density at radius 1 is 1.15 bits per heavy atom. The van der Waals surface area contributed by atoms with E-state index in [1.807, 2.05) is 19.9 Å². The first-order valence-corrected chi connectivity index (χ1v) is 9.47. The number of carbonyl (C=O) groups is 3. The van der Waals surface area contributed by atoms with Crippen molar-refractivity contribution in [3.05, 3.63) is 23.8 Å². The smallest absolute Gasteiger partial charge is 0.178 e. The second kappa shape index (κ2) is 5.23. The molecule has 0 aromatic heterocycles. The average molecular weight is 358 g/mol. The molecular formula is C21H26O5. The standard InChI is InChI=1S/C21H26O5/c1-11(22)21(26)9-6-14-16-13(5-8-20(14,21)3)19(2)7-4-12(23)10-15(19)17(24)18(16)25/h4,7,10,13-14,16-17,24,26H,5-6,8-9H2,1-3H3/t13-,14-,16+,17+,19+,20-,21-/m0/s1. The number of Topliss-reactive ketones (excluding diaryl/α,β-unsaturated/α-hetero) is 2. The lowest BCUT2D eigenvalue weighted by Crippen LogP contribution is -2.61. The maximum Gasteiger partial charge on any atom is 0.178 e. The predicted molar refractivity (Wildman–Crippen MR) is 94.0 cm³/mol. The van der Waals surface area contributed by atoms with Crippen molar-refractivity contribution in [2.45, 2.75) is 58.2 Å². The highest BCUT2D eigenvalue weighted by molar-refractivity contribution is 6.03. The molecule has 26 heavy (non-hydrogen) atoms. The van der Waals surface area contributed by atoms with E-state index in [9.17, 15) is 24.6 Å². The number of allylic oxidation sites excluding steroid dienone is 3. The minimum Gasteiger partial charge on any atom is -0.382 e. The van der Waals surface area contributed by atoms with Gasteiger partial charge in [0.2, 0.25) is 0 Å². The second-order valence-corrected chi connectivity index (χ2v) is 9.07. The summed E-state index contributed by atoms with van der Waals surface area (Å²) >= 11 is 0. The van der Waals surface area contributed by atoms with Gasteiger partial charge in [0.1, 0.15) is 11.7 Å². The average Bonchev–Trinajstić information content (AvgIpc) is 2.87. The summed E-state index contributed by atoms with van der Waals surface area (Å²) < 4.78 is 0. The monoisotopic (exact) mass is 358 g/mol. The van der Waals surface area contributed by atoms with Crippen molar-refractivity contribution in [1.82, 2.24) is 0 Å². The first kappa shape index (κ1) is 17.8. The Hall–Kier alpha value is -1.59. The maximum atomic E-state index is 13.1. The fraction of sp³-hybridized carbons (Fsp3) is 0.667. The van der Waals surface area contributed by atoms with Gasteiger partial charge in [-0.3, -0.25) is 14.4 Å². The van der Waals surface area contributed by atoms with Crippen molar-refractivity contribution in [2.75, 3.05) is 0 Å². The molecule has 0 amide bonds. The van der Waals surface area contributed by atoms with E-state index >= 15 is 0 Å². The second-order valence-electron chi connectivity index (χ2n) is 9.07. The Kier molecular flexibility index (Phi) is 3.58. The van der Waals surface area contributed by atoms with Gasteiger partial charge in [-0.15, -0.1) is 0 Å². The van der Waals surface area contributed by atoms with E-state index in [0.717, 1.165) is 0 Å². The SMILES string of the molecule is CC(=O)[C@@]1(O)CC[C@H]2[C@@H]3C(=O)[C@H](O)C4=CC(=O)C=C[C@]4(C)[C@H]3CC[C@@]21C. The zero-order chi connectivity index (χ0) is 19.1. The number of aliphatic hydroxyl groups excluding tert-OH is 1. The van der Waals surface area contributed by atoms with Gasteiger partial charge in [0, 0.05) is 16.7 Å². The molecule has 0 unspecified atom stereocenters. The minimum atomic E-state index is -1.40. The molecule has 0 heterocycles. The van der Waals surface area contributed by atoms with Crippen molar-refractivity contribution in [3.63, 3.8) is 0 Å². The van der Waals surface area contributed by atoms with E-state index in [0.29, 0.717) is 31.3 Å². The Morgan fingerprint density at radius 2 is 1.81 bits per heavy atom. The molecule has 0 radical (unpaired) electrons. The number of fused-ring (bicyclic) bond motifs is 5. The molecule has 140 valence electrons. The largest absolute Gasteiger partial charge is 0.382 e. The zero-order valence-corrected chi connectivity index (χ0v) is 15.5. The van der Waals surface area contributed by atoms with Crippen molar-refractivity contribution >= 4 is 17.3 Å². The summed E-state index contributed by atoms with van der Waals surface area (Å²) in [6.45, 7) is 5.34. The molecule has 7 atom stereocenters. The molecule has 2 N–H and O–H groups in total. The van der Waals surface area contributed by atoms with E-state index in [1.165, 1.54) is 19.1 Å². The Bertz CT molecular complexity index is 779. The Morgan fingerprint density at radius 3 is 2.46 bits per heavy atom. The lowest BCUT2D eigenvalue weighted by Gasteiger charge is -2.57. The summed E-state index contributed by atoms with van der Waals surface area (Å²) in [5, 5.41) is 21.8. The third kappa shape index (κ3) is 1.91. The molecule has 4 aliphatic rings. The molecular weight excluding hydrogens is 332 g/mol. The molecule has 5 nitrogen and oxygen atoms in total. The van der Waals surface area contributed by atoms with Gasteiger partial charge in [0.15, 0.2) is 17.3 Å². The fourth-order valence-electron chi connectivity index (χ4n) is 6.56. The Balaban J connectivity index is 1.81. The van der Waals surface area contributed by atoms with Crippen LogP contribution in [-0.2, 0) is 14.4 Å². The number of carbonyl (C=O) groups excluding carboxylic acids is 3. The van der Waals surface area contributed by atoms with Crippen LogP contribution in [0.4, 0.5) is 0 Å². The van der Waals surface area contributed by atoms with Crippen LogP contribution in [0, 0.1) is 28.6 Å². The van der Waals surface area contributed by atoms with E-state index in [4.69, 9.17) is 0 Å². The predicted octanol–water partition coefficient (Wildman–Crippen LogP) is 1.76. The Labute approximate surface area is 153 Å². The van der Waals surface area contributed by atoms with Gasteiger partial charge in [-0.2, -0.15) is 0 Å². The topological polar surface area (TPSA) is 91.7 Å². The van der Waals surface area contributed by atoms with Crippen molar-refractivity contribution in [2.24, 2.45) is 28.6 Å². The van der Waals surface area contributed by atoms with Crippen LogP contribution in [0.25, 0.3) is 0 Å². The van der Waals surface area contributed by atoms with E-state index in [1.54, 1.807) is 0 Å². The molecule has 0 aliphatic heterocycles. The van der Waals surface area contributed by atoms with Crippen LogP contribution >= 0.6 is 0 Å². The normalized spacial score (nSPS) is 50.0. The molecule has 0 bridgehead atoms. The maximum absolute atomic E-state index is 13.1. The summed E-state index contributed by atoms with van der Waals surface area (Å²) in [4.78, 5) is 37.2. The summed E-state index contributed by atoms with van der Waals surface area (Å²) in [6, 6.07) is 0. The van der Waals surface area contributed by atoms with Gasteiger partial charge in [0.25, 0.3) is 0 Å². The molecule has 3 saturated carbocycles. The molecule has 3 fully saturated rings. The number of hydrogen-bond donors (Lipinski definition) is 2. The first-order valence-electron chi connectivity index (χ1n) is 9.47. The van der Waals surface area contributed by atoms with Crippen LogP contribution in [0.5, 0.6) is 0 Å². The van der Waals surface area contributed by atoms with Crippen LogP contribution in [0.1, 0.15) is 46.5 Å². The zero-order valence-electron chi connectivity index (χ0n) is 15.5. The third-order valence-electron chi connectivity index (χ3n) is 8.18. The first-order chi connectivity index (χ1) is 12.1. The summed E-state index contributed by atoms with van der Waals surface area (Å²) in [7, 11) is 0. The number of rotatable bonds is 1. The van der Waals surface area contributed by atoms with Gasteiger partial charge >= 0.3 is 0 Å². The van der Waals surface area contributed by atoms with Crippen molar-refractivity contribution < 1.29 is 24.6 Å². The summed E-state index contributed by atoms with van der Waals surface area (Å²) in [5.74, 6) is -1.26. The number of hydrogen-bond acceptors (Lipinski definition) is 5. The summed E-state index contributed by atoms with van der Waals surface area (Å²) in [6.07, 6.45) is 5.79. The fourth-order valence-corrected chi connectivity index (χ4v) is 6.56. The van der Waals surface area contributed by atoms with Gasteiger partial charge in [-0.1, -0.05) is 19.9 Å². The van der Waals surface area contributed by atoms with Crippen LogP contribution in [0.3, 0.4) is 0 Å². The highest BCUT2D eigenvalue weighted by Gasteiger charge is 2.68. The van der Waals surface area contributed by atoms with Crippen molar-refractivity contribution in [1.29, 1.82) is 0 Å². The molecule has 4 aliphatic carbocycles. The molecule has 5 heteroatoms. The van der Waals surface area contributed by atoms with E-state index in [-0.39, 0.29) is 29.2 Å². The molecule has 0 spiro atoms.